The quantitative estimate of drug-likeness (QED) is 0.590. The Bertz CT molecular complexity index is 252. The molecule has 0 fully saturated rings. The molecule has 0 amide bonds. The molecule has 1 unspecified atom stereocenters. The zero-order valence-electron chi connectivity index (χ0n) is 10.7. The fraction of sp³-hybridized carbons (Fsp3) is 1.00. The molecule has 0 aromatic heterocycles. The van der Waals surface area contributed by atoms with Gasteiger partial charge in [0.25, 0.3) is 0 Å². The lowest BCUT2D eigenvalue weighted by Crippen LogP contribution is -2.24. The van der Waals surface area contributed by atoms with Crippen LogP contribution in [0.5, 0.6) is 0 Å². The summed E-state index contributed by atoms with van der Waals surface area (Å²) < 4.78 is 28.1. The molecule has 0 aromatic carbocycles. The summed E-state index contributed by atoms with van der Waals surface area (Å²) in [4.78, 5) is 0. The molecule has 98 valence electrons. The van der Waals surface area contributed by atoms with E-state index < -0.39 is 9.84 Å². The molecular formula is C11H25NO3S. The summed E-state index contributed by atoms with van der Waals surface area (Å²) >= 11 is 0. The first-order valence-corrected chi connectivity index (χ1v) is 7.74. The maximum absolute atomic E-state index is 11.6. The van der Waals surface area contributed by atoms with Crippen LogP contribution in [0.4, 0.5) is 0 Å². The van der Waals surface area contributed by atoms with E-state index in [2.05, 4.69) is 5.32 Å². The van der Waals surface area contributed by atoms with Gasteiger partial charge in [-0.25, -0.2) is 8.42 Å². The summed E-state index contributed by atoms with van der Waals surface area (Å²) in [7, 11) is -1.21. The van der Waals surface area contributed by atoms with E-state index in [1.54, 1.807) is 7.11 Å². The maximum atomic E-state index is 11.6. The van der Waals surface area contributed by atoms with Crippen LogP contribution in [0.2, 0.25) is 0 Å². The topological polar surface area (TPSA) is 55.4 Å². The Kier molecular flexibility index (Phi) is 8.89. The van der Waals surface area contributed by atoms with E-state index >= 15 is 0 Å². The Morgan fingerprint density at radius 3 is 2.56 bits per heavy atom. The van der Waals surface area contributed by atoms with Gasteiger partial charge in [0.2, 0.25) is 0 Å². The van der Waals surface area contributed by atoms with Crippen LogP contribution < -0.4 is 5.32 Å². The molecule has 0 aromatic rings. The largest absolute Gasteiger partial charge is 0.383 e. The molecule has 16 heavy (non-hydrogen) atoms. The molecule has 0 aliphatic carbocycles. The van der Waals surface area contributed by atoms with E-state index in [1.165, 1.54) is 0 Å². The summed E-state index contributed by atoms with van der Waals surface area (Å²) in [6.07, 6.45) is 1.60. The van der Waals surface area contributed by atoms with Gasteiger partial charge in [-0.05, 0) is 18.9 Å². The highest BCUT2D eigenvalue weighted by Gasteiger charge is 2.13. The first-order valence-electron chi connectivity index (χ1n) is 5.92. The number of ether oxygens (including phenoxy) is 1. The molecule has 0 rings (SSSR count). The average molecular weight is 251 g/mol. The van der Waals surface area contributed by atoms with E-state index in [0.717, 1.165) is 19.5 Å². The molecule has 0 saturated carbocycles. The van der Waals surface area contributed by atoms with Gasteiger partial charge in [-0.1, -0.05) is 20.3 Å². The van der Waals surface area contributed by atoms with Crippen molar-refractivity contribution >= 4 is 9.84 Å². The van der Waals surface area contributed by atoms with Gasteiger partial charge >= 0.3 is 0 Å². The van der Waals surface area contributed by atoms with Crippen molar-refractivity contribution in [3.63, 3.8) is 0 Å². The molecule has 0 aliphatic heterocycles. The van der Waals surface area contributed by atoms with Crippen LogP contribution in [0, 0.1) is 5.92 Å². The molecule has 0 bridgehead atoms. The predicted octanol–water partition coefficient (Wildman–Crippen LogP) is 1.07. The molecule has 0 heterocycles. The zero-order valence-corrected chi connectivity index (χ0v) is 11.5. The fourth-order valence-electron chi connectivity index (χ4n) is 1.35. The first kappa shape index (κ1) is 15.9. The molecule has 0 saturated heterocycles. The average Bonchev–Trinajstić information content (AvgIpc) is 2.22. The normalized spacial score (nSPS) is 13.9. The van der Waals surface area contributed by atoms with E-state index in [9.17, 15) is 8.42 Å². The highest BCUT2D eigenvalue weighted by Crippen LogP contribution is 2.06. The summed E-state index contributed by atoms with van der Waals surface area (Å²) in [5.74, 6) is 0.880. The van der Waals surface area contributed by atoms with Crippen LogP contribution in [0.25, 0.3) is 0 Å². The third-order valence-corrected chi connectivity index (χ3v) is 4.51. The molecule has 0 aliphatic rings. The minimum Gasteiger partial charge on any atom is -0.383 e. The minimum atomic E-state index is -2.86. The van der Waals surface area contributed by atoms with Gasteiger partial charge in [-0.3, -0.25) is 0 Å². The van der Waals surface area contributed by atoms with E-state index in [0.29, 0.717) is 18.8 Å². The van der Waals surface area contributed by atoms with Crippen molar-refractivity contribution in [2.75, 3.05) is 38.3 Å². The van der Waals surface area contributed by atoms with Gasteiger partial charge in [0.05, 0.1) is 18.1 Å². The number of hydrogen-bond donors (Lipinski definition) is 1. The minimum absolute atomic E-state index is 0.270. The van der Waals surface area contributed by atoms with Crippen molar-refractivity contribution in [2.45, 2.75) is 26.7 Å². The standard InChI is InChI=1S/C11H25NO3S/c1-4-11(2)10-16(13,14)9-5-6-12-7-8-15-3/h11-12H,4-10H2,1-3H3. The highest BCUT2D eigenvalue weighted by molar-refractivity contribution is 7.91. The van der Waals surface area contributed by atoms with Crippen LogP contribution in [0.1, 0.15) is 26.7 Å². The molecule has 0 radical (unpaired) electrons. The Hall–Kier alpha value is -0.130. The lowest BCUT2D eigenvalue weighted by Gasteiger charge is -2.09. The van der Waals surface area contributed by atoms with Gasteiger partial charge in [-0.2, -0.15) is 0 Å². The van der Waals surface area contributed by atoms with Gasteiger partial charge < -0.3 is 10.1 Å². The molecule has 1 atom stereocenters. The smallest absolute Gasteiger partial charge is 0.150 e. The van der Waals surface area contributed by atoms with Crippen molar-refractivity contribution in [2.24, 2.45) is 5.92 Å². The van der Waals surface area contributed by atoms with Gasteiger partial charge in [0, 0.05) is 13.7 Å². The van der Waals surface area contributed by atoms with E-state index in [1.807, 2.05) is 13.8 Å². The Balaban J connectivity index is 3.59. The second-order valence-corrected chi connectivity index (χ2v) is 6.45. The van der Waals surface area contributed by atoms with Gasteiger partial charge in [-0.15, -0.1) is 0 Å². The maximum Gasteiger partial charge on any atom is 0.150 e. The zero-order chi connectivity index (χ0) is 12.4. The van der Waals surface area contributed by atoms with Crippen molar-refractivity contribution in [1.82, 2.24) is 5.32 Å². The highest BCUT2D eigenvalue weighted by atomic mass is 32.2. The molecule has 1 N–H and O–H groups in total. The van der Waals surface area contributed by atoms with E-state index in [4.69, 9.17) is 4.74 Å². The molecule has 4 nitrogen and oxygen atoms in total. The van der Waals surface area contributed by atoms with Crippen LogP contribution in [0.3, 0.4) is 0 Å². The summed E-state index contributed by atoms with van der Waals surface area (Å²) in [6.45, 7) is 6.19. The fourth-order valence-corrected chi connectivity index (χ4v) is 3.20. The number of methoxy groups -OCH3 is 1. The van der Waals surface area contributed by atoms with Crippen LogP contribution in [-0.4, -0.2) is 46.7 Å². The van der Waals surface area contributed by atoms with Crippen molar-refractivity contribution in [1.29, 1.82) is 0 Å². The number of sulfone groups is 1. The van der Waals surface area contributed by atoms with Crippen molar-refractivity contribution < 1.29 is 13.2 Å². The third-order valence-electron chi connectivity index (χ3n) is 2.53. The van der Waals surface area contributed by atoms with Gasteiger partial charge in [0.15, 0.2) is 9.84 Å². The van der Waals surface area contributed by atoms with Crippen molar-refractivity contribution in [3.8, 4) is 0 Å². The third kappa shape index (κ3) is 9.12. The number of nitrogens with one attached hydrogen (secondary N) is 1. The Labute approximate surface area is 99.7 Å². The monoisotopic (exact) mass is 251 g/mol. The summed E-state index contributed by atoms with van der Waals surface area (Å²) in [5.41, 5.74) is 0. The van der Waals surface area contributed by atoms with Crippen LogP contribution >= 0.6 is 0 Å². The second kappa shape index (κ2) is 8.96. The first-order chi connectivity index (χ1) is 7.52. The van der Waals surface area contributed by atoms with Crippen molar-refractivity contribution in [3.05, 3.63) is 0 Å². The Morgan fingerprint density at radius 1 is 1.31 bits per heavy atom. The summed E-state index contributed by atoms with van der Waals surface area (Å²) in [5, 5.41) is 3.14. The lowest BCUT2D eigenvalue weighted by molar-refractivity contribution is 0.199. The number of hydrogen-bond acceptors (Lipinski definition) is 4. The van der Waals surface area contributed by atoms with E-state index in [-0.39, 0.29) is 11.7 Å². The summed E-state index contributed by atoms with van der Waals surface area (Å²) in [6, 6.07) is 0. The molecule has 0 spiro atoms. The predicted molar refractivity (Wildman–Crippen MR) is 67.5 cm³/mol. The Morgan fingerprint density at radius 2 is 2.00 bits per heavy atom. The lowest BCUT2D eigenvalue weighted by atomic mass is 10.2. The SMILES string of the molecule is CCC(C)CS(=O)(=O)CCCNCCOC. The van der Waals surface area contributed by atoms with Crippen LogP contribution in [0.15, 0.2) is 0 Å². The molecular weight excluding hydrogens is 226 g/mol. The second-order valence-electron chi connectivity index (χ2n) is 4.22. The van der Waals surface area contributed by atoms with Gasteiger partial charge in [0.1, 0.15) is 0 Å². The number of rotatable bonds is 10. The molecule has 5 heteroatoms. The van der Waals surface area contributed by atoms with Crippen LogP contribution in [-0.2, 0) is 14.6 Å².